The van der Waals surface area contributed by atoms with E-state index in [0.29, 0.717) is 0 Å². The summed E-state index contributed by atoms with van der Waals surface area (Å²) in [6, 6.07) is 16.4. The number of hydrogen-bond acceptors (Lipinski definition) is 4. The average molecular weight is 334 g/mol. The van der Waals surface area contributed by atoms with Crippen LogP contribution < -0.4 is 4.90 Å². The molecule has 0 bridgehead atoms. The number of hydrogen-bond donors (Lipinski definition) is 1. The molecule has 0 fully saturated rings. The third kappa shape index (κ3) is 3.49. The van der Waals surface area contributed by atoms with E-state index in [9.17, 15) is 0 Å². The molecular weight excluding hydrogens is 312 g/mol. The van der Waals surface area contributed by atoms with Gasteiger partial charge in [0.05, 0.1) is 11.4 Å². The van der Waals surface area contributed by atoms with E-state index in [1.54, 1.807) is 6.20 Å². The van der Waals surface area contributed by atoms with E-state index in [2.05, 4.69) is 49.1 Å². The molecule has 0 unspecified atom stereocenters. The first-order chi connectivity index (χ1) is 12.0. The summed E-state index contributed by atoms with van der Waals surface area (Å²) < 4.78 is 0. The summed E-state index contributed by atoms with van der Waals surface area (Å²) in [5.41, 5.74) is 5.41. The molecule has 0 aliphatic carbocycles. The van der Waals surface area contributed by atoms with Crippen LogP contribution in [0.3, 0.4) is 0 Å². The summed E-state index contributed by atoms with van der Waals surface area (Å²) in [5.74, 6) is 0. The molecule has 3 rings (SSSR count). The second kappa shape index (κ2) is 6.95. The van der Waals surface area contributed by atoms with E-state index >= 15 is 0 Å². The van der Waals surface area contributed by atoms with Gasteiger partial charge in [-0.05, 0) is 35.4 Å². The molecule has 1 aliphatic heterocycles. The summed E-state index contributed by atoms with van der Waals surface area (Å²) in [5, 5.41) is 8.35. The number of para-hydroxylation sites is 1. The largest absolute Gasteiger partial charge is 0.348 e. The molecule has 0 radical (unpaired) electrons. The monoisotopic (exact) mass is 334 g/mol. The zero-order chi connectivity index (χ0) is 17.9. The van der Waals surface area contributed by atoms with Crippen LogP contribution in [-0.2, 0) is 10.3 Å². The Bertz CT molecular complexity index is 833. The summed E-state index contributed by atoms with van der Waals surface area (Å²) in [6.45, 7) is 4.41. The fraction of sp³-hybridized carbons (Fsp3) is 0.190. The van der Waals surface area contributed by atoms with Crippen molar-refractivity contribution in [2.75, 3.05) is 11.9 Å². The Labute approximate surface area is 148 Å². The predicted octanol–water partition coefficient (Wildman–Crippen LogP) is 5.16. The highest BCUT2D eigenvalue weighted by atomic mass is 17.1. The maximum atomic E-state index is 8.35. The second-order valence-corrected chi connectivity index (χ2v) is 6.57. The van der Waals surface area contributed by atoms with E-state index in [4.69, 9.17) is 10.2 Å². The SMILES string of the molecule is CN(/C=C\OO)c1ccc(C=CC2=Nc3ccccc3C2(C)C)cc1. The highest BCUT2D eigenvalue weighted by Gasteiger charge is 2.32. The van der Waals surface area contributed by atoms with Gasteiger partial charge in [0.15, 0.2) is 0 Å². The average Bonchev–Trinajstić information content (AvgIpc) is 2.89. The number of benzene rings is 2. The van der Waals surface area contributed by atoms with E-state index in [0.717, 1.165) is 22.6 Å². The molecule has 1 aliphatic rings. The molecule has 0 saturated heterocycles. The molecule has 0 saturated carbocycles. The van der Waals surface area contributed by atoms with Gasteiger partial charge in [-0.15, -0.1) is 0 Å². The Morgan fingerprint density at radius 3 is 2.44 bits per heavy atom. The topological polar surface area (TPSA) is 45.1 Å². The maximum Gasteiger partial charge on any atom is 0.145 e. The summed E-state index contributed by atoms with van der Waals surface area (Å²) in [7, 11) is 1.88. The number of allylic oxidation sites excluding steroid dienone is 1. The van der Waals surface area contributed by atoms with Crippen molar-refractivity contribution in [3.05, 3.63) is 78.2 Å². The van der Waals surface area contributed by atoms with Crippen LogP contribution in [0.2, 0.25) is 0 Å². The van der Waals surface area contributed by atoms with Gasteiger partial charge in [-0.1, -0.05) is 50.3 Å². The van der Waals surface area contributed by atoms with Crippen molar-refractivity contribution in [2.45, 2.75) is 19.3 Å². The van der Waals surface area contributed by atoms with Crippen LogP contribution in [0.4, 0.5) is 11.4 Å². The van der Waals surface area contributed by atoms with Crippen LogP contribution in [0.25, 0.3) is 6.08 Å². The number of fused-ring (bicyclic) bond motifs is 1. The van der Waals surface area contributed by atoms with Gasteiger partial charge >= 0.3 is 0 Å². The van der Waals surface area contributed by atoms with Crippen molar-refractivity contribution in [3.63, 3.8) is 0 Å². The highest BCUT2D eigenvalue weighted by Crippen LogP contribution is 2.40. The van der Waals surface area contributed by atoms with Gasteiger partial charge in [0.2, 0.25) is 0 Å². The van der Waals surface area contributed by atoms with Crippen molar-refractivity contribution >= 4 is 23.2 Å². The van der Waals surface area contributed by atoms with E-state index in [1.807, 2.05) is 42.3 Å². The molecule has 25 heavy (non-hydrogen) atoms. The maximum absolute atomic E-state index is 8.35. The molecule has 0 atom stereocenters. The Hall–Kier alpha value is -2.85. The third-order valence-electron chi connectivity index (χ3n) is 4.54. The lowest BCUT2D eigenvalue weighted by Gasteiger charge is -2.20. The number of anilines is 1. The van der Waals surface area contributed by atoms with Gasteiger partial charge in [0.1, 0.15) is 6.26 Å². The van der Waals surface area contributed by atoms with E-state index in [-0.39, 0.29) is 5.41 Å². The molecule has 0 aromatic heterocycles. The quantitative estimate of drug-likeness (QED) is 0.466. The van der Waals surface area contributed by atoms with Gasteiger partial charge in [0.25, 0.3) is 0 Å². The van der Waals surface area contributed by atoms with Crippen LogP contribution in [-0.4, -0.2) is 18.0 Å². The lowest BCUT2D eigenvalue weighted by Crippen LogP contribution is -2.23. The minimum absolute atomic E-state index is 0.0810. The zero-order valence-electron chi connectivity index (χ0n) is 14.7. The molecule has 0 spiro atoms. The fourth-order valence-electron chi connectivity index (χ4n) is 2.95. The van der Waals surface area contributed by atoms with E-state index < -0.39 is 0 Å². The van der Waals surface area contributed by atoms with Crippen molar-refractivity contribution in [1.82, 2.24) is 0 Å². The molecule has 0 amide bonds. The third-order valence-corrected chi connectivity index (χ3v) is 4.54. The van der Waals surface area contributed by atoms with E-state index in [1.165, 1.54) is 11.8 Å². The summed E-state index contributed by atoms with van der Waals surface area (Å²) in [6.07, 6.45) is 7.03. The van der Waals surface area contributed by atoms with Gasteiger partial charge in [0, 0.05) is 24.4 Å². The van der Waals surface area contributed by atoms with Crippen molar-refractivity contribution in [3.8, 4) is 0 Å². The van der Waals surface area contributed by atoms with Gasteiger partial charge < -0.3 is 9.79 Å². The lowest BCUT2D eigenvalue weighted by atomic mass is 9.81. The Kier molecular flexibility index (Phi) is 4.72. The molecule has 2 aromatic carbocycles. The molecule has 128 valence electrons. The van der Waals surface area contributed by atoms with Gasteiger partial charge in [-0.25, -0.2) is 5.26 Å². The zero-order valence-corrected chi connectivity index (χ0v) is 14.7. The Morgan fingerprint density at radius 1 is 1.04 bits per heavy atom. The van der Waals surface area contributed by atoms with Crippen LogP contribution in [0.15, 0.2) is 72.1 Å². The van der Waals surface area contributed by atoms with Crippen molar-refractivity contribution < 1.29 is 10.1 Å². The van der Waals surface area contributed by atoms with Gasteiger partial charge in [-0.3, -0.25) is 4.99 Å². The van der Waals surface area contributed by atoms with Crippen molar-refractivity contribution in [1.29, 1.82) is 0 Å². The van der Waals surface area contributed by atoms with Crippen LogP contribution in [0, 0.1) is 0 Å². The van der Waals surface area contributed by atoms with Crippen molar-refractivity contribution in [2.24, 2.45) is 4.99 Å². The normalized spacial score (nSPS) is 15.4. The standard InChI is InChI=1S/C21H22N2O2/c1-21(2)18-6-4-5-7-19(18)22-20(21)13-10-16-8-11-17(12-9-16)23(3)14-15-25-24/h4-15,24H,1-3H3/b13-10?,15-14-. The lowest BCUT2D eigenvalue weighted by molar-refractivity contribution is -0.186. The number of aliphatic imine (C=N–C) groups is 1. The van der Waals surface area contributed by atoms with Crippen LogP contribution in [0.5, 0.6) is 0 Å². The smallest absolute Gasteiger partial charge is 0.145 e. The van der Waals surface area contributed by atoms with Gasteiger partial charge in [-0.2, -0.15) is 0 Å². The predicted molar refractivity (Wildman–Crippen MR) is 103 cm³/mol. The summed E-state index contributed by atoms with van der Waals surface area (Å²) in [4.78, 5) is 10.6. The highest BCUT2D eigenvalue weighted by molar-refractivity contribution is 6.10. The Balaban J connectivity index is 1.76. The first-order valence-electron chi connectivity index (χ1n) is 8.19. The molecular formula is C21H22N2O2. The minimum Gasteiger partial charge on any atom is -0.348 e. The first kappa shape index (κ1) is 17.0. The Morgan fingerprint density at radius 2 is 1.76 bits per heavy atom. The number of nitrogens with zero attached hydrogens (tertiary/aromatic N) is 2. The number of rotatable bonds is 5. The summed E-state index contributed by atoms with van der Waals surface area (Å²) >= 11 is 0. The fourth-order valence-corrected chi connectivity index (χ4v) is 2.95. The molecule has 4 heteroatoms. The van der Waals surface area contributed by atoms with Crippen LogP contribution in [0.1, 0.15) is 25.0 Å². The second-order valence-electron chi connectivity index (χ2n) is 6.57. The molecule has 2 aromatic rings. The minimum atomic E-state index is -0.0810. The first-order valence-corrected chi connectivity index (χ1v) is 8.19. The van der Waals surface area contributed by atoms with Crippen LogP contribution >= 0.6 is 0 Å². The molecule has 4 nitrogen and oxygen atoms in total. The molecule has 1 N–H and O–H groups in total. The molecule has 1 heterocycles.